The van der Waals surface area contributed by atoms with Crippen molar-refractivity contribution in [1.29, 1.82) is 5.26 Å². The van der Waals surface area contributed by atoms with Gasteiger partial charge < -0.3 is 0 Å². The summed E-state index contributed by atoms with van der Waals surface area (Å²) in [6.07, 6.45) is 0. The molecular weight excluding hydrogens is 118 g/mol. The zero-order chi connectivity index (χ0) is 7.28. The highest BCUT2D eigenvalue weighted by Crippen LogP contribution is 1.95. The summed E-state index contributed by atoms with van der Waals surface area (Å²) in [4.78, 5) is 9.86. The van der Waals surface area contributed by atoms with Crippen LogP contribution in [0.1, 0.15) is 13.8 Å². The molecule has 4 nitrogen and oxygen atoms in total. The monoisotopic (exact) mass is 127 g/mol. The second-order valence-electron chi connectivity index (χ2n) is 1.93. The van der Waals surface area contributed by atoms with Crippen molar-refractivity contribution in [3.8, 4) is 6.07 Å². The molecule has 0 unspecified atom stereocenters. The first-order valence-electron chi connectivity index (χ1n) is 2.69. The molecule has 0 saturated heterocycles. The number of hydrogen-bond acceptors (Lipinski definition) is 3. The molecular formula is C5H9N3O. The van der Waals surface area contributed by atoms with Gasteiger partial charge in [0.15, 0.2) is 0 Å². The van der Waals surface area contributed by atoms with Crippen molar-refractivity contribution in [3.05, 3.63) is 4.91 Å². The summed E-state index contributed by atoms with van der Waals surface area (Å²) in [5, 5.41) is 11.9. The van der Waals surface area contributed by atoms with Crippen LogP contribution in [0.4, 0.5) is 0 Å². The van der Waals surface area contributed by atoms with E-state index in [1.807, 2.05) is 6.07 Å². The third kappa shape index (κ3) is 2.65. The summed E-state index contributed by atoms with van der Waals surface area (Å²) >= 11 is 0. The number of hydrogen-bond donors (Lipinski definition) is 0. The van der Waals surface area contributed by atoms with Crippen LogP contribution in [0.25, 0.3) is 0 Å². The molecule has 0 aromatic rings. The predicted molar refractivity (Wildman–Crippen MR) is 33.2 cm³/mol. The van der Waals surface area contributed by atoms with Crippen LogP contribution in [0, 0.1) is 16.2 Å². The molecule has 4 heteroatoms. The van der Waals surface area contributed by atoms with E-state index < -0.39 is 0 Å². The molecule has 0 aliphatic rings. The fourth-order valence-electron chi connectivity index (χ4n) is 0.378. The first-order chi connectivity index (χ1) is 4.22. The normalized spacial score (nSPS) is 8.67. The molecule has 0 N–H and O–H groups in total. The molecule has 0 aromatic carbocycles. The second kappa shape index (κ2) is 3.84. The lowest BCUT2D eigenvalue weighted by Crippen LogP contribution is -2.24. The van der Waals surface area contributed by atoms with E-state index in [-0.39, 0.29) is 12.6 Å². The van der Waals surface area contributed by atoms with E-state index in [9.17, 15) is 4.91 Å². The van der Waals surface area contributed by atoms with Gasteiger partial charge in [0, 0.05) is 6.04 Å². The highest BCUT2D eigenvalue weighted by Gasteiger charge is 2.04. The summed E-state index contributed by atoms with van der Waals surface area (Å²) in [7, 11) is 0. The smallest absolute Gasteiger partial charge is 0.126 e. The topological polar surface area (TPSA) is 56.5 Å². The molecule has 0 aromatic heterocycles. The zero-order valence-electron chi connectivity index (χ0n) is 5.53. The molecule has 0 fully saturated rings. The van der Waals surface area contributed by atoms with Crippen LogP contribution >= 0.6 is 0 Å². The van der Waals surface area contributed by atoms with E-state index in [1.165, 1.54) is 5.01 Å². The molecule has 0 spiro atoms. The molecule has 50 valence electrons. The third-order valence-corrected chi connectivity index (χ3v) is 0.934. The first-order valence-corrected chi connectivity index (χ1v) is 2.69. The fourth-order valence-corrected chi connectivity index (χ4v) is 0.378. The average Bonchev–Trinajstić information content (AvgIpc) is 1.82. The van der Waals surface area contributed by atoms with Gasteiger partial charge in [-0.2, -0.15) is 5.26 Å². The Bertz CT molecular complexity index is 127. The van der Waals surface area contributed by atoms with Crippen LogP contribution in [-0.4, -0.2) is 17.6 Å². The van der Waals surface area contributed by atoms with Crippen molar-refractivity contribution >= 4 is 0 Å². The van der Waals surface area contributed by atoms with Gasteiger partial charge in [-0.3, -0.25) is 0 Å². The first kappa shape index (κ1) is 7.89. The van der Waals surface area contributed by atoms with Crippen molar-refractivity contribution < 1.29 is 0 Å². The van der Waals surface area contributed by atoms with E-state index >= 15 is 0 Å². The molecule has 0 rings (SSSR count). The van der Waals surface area contributed by atoms with E-state index in [1.54, 1.807) is 13.8 Å². The Morgan fingerprint density at radius 1 is 1.78 bits per heavy atom. The lowest BCUT2D eigenvalue weighted by atomic mass is 10.4. The molecule has 0 radical (unpaired) electrons. The molecule has 0 aliphatic heterocycles. The van der Waals surface area contributed by atoms with Gasteiger partial charge in [0.25, 0.3) is 0 Å². The minimum Gasteiger partial charge on any atom is -0.244 e. The van der Waals surface area contributed by atoms with Crippen LogP contribution in [0.2, 0.25) is 0 Å². The van der Waals surface area contributed by atoms with Gasteiger partial charge in [0.1, 0.15) is 6.54 Å². The molecule has 0 atom stereocenters. The number of nitriles is 1. The van der Waals surface area contributed by atoms with E-state index in [4.69, 9.17) is 5.26 Å². The molecule has 0 bridgehead atoms. The van der Waals surface area contributed by atoms with E-state index in [2.05, 4.69) is 5.29 Å². The van der Waals surface area contributed by atoms with Gasteiger partial charge in [0.2, 0.25) is 0 Å². The molecule has 0 saturated carbocycles. The van der Waals surface area contributed by atoms with Crippen LogP contribution in [0.3, 0.4) is 0 Å². The minimum absolute atomic E-state index is 0.0159. The van der Waals surface area contributed by atoms with Gasteiger partial charge in [0.05, 0.1) is 11.4 Å². The van der Waals surface area contributed by atoms with E-state index in [0.29, 0.717) is 0 Å². The molecule has 9 heavy (non-hydrogen) atoms. The van der Waals surface area contributed by atoms with Crippen molar-refractivity contribution in [2.24, 2.45) is 5.29 Å². The summed E-state index contributed by atoms with van der Waals surface area (Å²) in [5.74, 6) is 0. The number of nitrogens with zero attached hydrogens (tertiary/aromatic N) is 3. The van der Waals surface area contributed by atoms with Crippen LogP contribution in [0.15, 0.2) is 5.29 Å². The Kier molecular flexibility index (Phi) is 3.37. The SMILES string of the molecule is CC(C)N(CC#N)N=O. The Labute approximate surface area is 54.0 Å². The van der Waals surface area contributed by atoms with Crippen molar-refractivity contribution in [2.75, 3.05) is 6.54 Å². The van der Waals surface area contributed by atoms with Crippen molar-refractivity contribution in [1.82, 2.24) is 5.01 Å². The van der Waals surface area contributed by atoms with Gasteiger partial charge in [-0.05, 0) is 13.8 Å². The Morgan fingerprint density at radius 2 is 2.33 bits per heavy atom. The van der Waals surface area contributed by atoms with E-state index in [0.717, 1.165) is 0 Å². The summed E-state index contributed by atoms with van der Waals surface area (Å²) in [6, 6.07) is 1.85. The lowest BCUT2D eigenvalue weighted by molar-refractivity contribution is 0.258. The van der Waals surface area contributed by atoms with Crippen LogP contribution in [0.5, 0.6) is 0 Å². The minimum atomic E-state index is 0.0159. The highest BCUT2D eigenvalue weighted by atomic mass is 16.3. The quantitative estimate of drug-likeness (QED) is 0.321. The van der Waals surface area contributed by atoms with Crippen LogP contribution < -0.4 is 0 Å². The number of rotatable bonds is 3. The largest absolute Gasteiger partial charge is 0.244 e. The standard InChI is InChI=1S/C5H9N3O/c1-5(2)8(7-9)4-3-6/h5H,4H2,1-2H3. The van der Waals surface area contributed by atoms with Crippen LogP contribution in [-0.2, 0) is 0 Å². The Hall–Kier alpha value is -1.11. The Morgan fingerprint density at radius 3 is 2.44 bits per heavy atom. The molecule has 0 amide bonds. The lowest BCUT2D eigenvalue weighted by Gasteiger charge is -2.14. The zero-order valence-corrected chi connectivity index (χ0v) is 5.53. The summed E-state index contributed by atoms with van der Waals surface area (Å²) < 4.78 is 0. The Balaban J connectivity index is 3.71. The number of nitroso groups, excluding NO2 is 1. The second-order valence-corrected chi connectivity index (χ2v) is 1.93. The highest BCUT2D eigenvalue weighted by molar-refractivity contribution is 4.75. The maximum absolute atomic E-state index is 9.86. The maximum Gasteiger partial charge on any atom is 0.126 e. The third-order valence-electron chi connectivity index (χ3n) is 0.934. The average molecular weight is 127 g/mol. The predicted octanol–water partition coefficient (Wildman–Crippen LogP) is 0.902. The molecule has 0 heterocycles. The summed E-state index contributed by atoms with van der Waals surface area (Å²) in [6.45, 7) is 3.68. The maximum atomic E-state index is 9.86. The van der Waals surface area contributed by atoms with Gasteiger partial charge in [-0.15, -0.1) is 4.91 Å². The van der Waals surface area contributed by atoms with Gasteiger partial charge in [-0.25, -0.2) is 5.01 Å². The van der Waals surface area contributed by atoms with Crippen molar-refractivity contribution in [3.63, 3.8) is 0 Å². The van der Waals surface area contributed by atoms with Crippen molar-refractivity contribution in [2.45, 2.75) is 19.9 Å². The van der Waals surface area contributed by atoms with Gasteiger partial charge in [-0.1, -0.05) is 0 Å². The summed E-state index contributed by atoms with van der Waals surface area (Å²) in [5.41, 5.74) is 0. The fraction of sp³-hybridized carbons (Fsp3) is 0.800. The van der Waals surface area contributed by atoms with Gasteiger partial charge >= 0.3 is 0 Å². The molecule has 0 aliphatic carbocycles.